The Bertz CT molecular complexity index is 439. The van der Waals surface area contributed by atoms with Crippen molar-refractivity contribution in [3.05, 3.63) is 18.2 Å². The molecule has 0 radical (unpaired) electrons. The lowest BCUT2D eigenvalue weighted by Crippen LogP contribution is -2.38. The number of aromatic amines is 1. The summed E-state index contributed by atoms with van der Waals surface area (Å²) in [4.78, 5) is 21.2. The van der Waals surface area contributed by atoms with Crippen LogP contribution in [-0.2, 0) is 11.3 Å². The van der Waals surface area contributed by atoms with E-state index in [2.05, 4.69) is 15.3 Å². The summed E-state index contributed by atoms with van der Waals surface area (Å²) >= 11 is 0. The zero-order valence-electron chi connectivity index (χ0n) is 13.2. The monoisotopic (exact) mass is 294 g/mol. The van der Waals surface area contributed by atoms with Gasteiger partial charge in [-0.15, -0.1) is 0 Å². The molecule has 6 nitrogen and oxygen atoms in total. The summed E-state index contributed by atoms with van der Waals surface area (Å²) in [6, 6.07) is 0.419. The van der Waals surface area contributed by atoms with Gasteiger partial charge in [-0.1, -0.05) is 0 Å². The maximum Gasteiger partial charge on any atom is 0.410 e. The van der Waals surface area contributed by atoms with Crippen LogP contribution in [0.4, 0.5) is 4.79 Å². The predicted octanol–water partition coefficient (Wildman–Crippen LogP) is 2.29. The minimum absolute atomic E-state index is 0.200. The average Bonchev–Trinajstić information content (AvgIpc) is 2.78. The minimum Gasteiger partial charge on any atom is -0.444 e. The van der Waals surface area contributed by atoms with Crippen molar-refractivity contribution in [2.24, 2.45) is 0 Å². The largest absolute Gasteiger partial charge is 0.444 e. The van der Waals surface area contributed by atoms with Gasteiger partial charge in [0.2, 0.25) is 0 Å². The number of rotatable bonds is 3. The highest BCUT2D eigenvalue weighted by molar-refractivity contribution is 5.68. The molecule has 118 valence electrons. The highest BCUT2D eigenvalue weighted by Gasteiger charge is 2.25. The quantitative estimate of drug-likeness (QED) is 0.897. The molecule has 1 aliphatic heterocycles. The lowest BCUT2D eigenvalue weighted by atomic mass is 10.1. The molecule has 21 heavy (non-hydrogen) atoms. The molecule has 1 aromatic heterocycles. The number of H-pyrrole nitrogens is 1. The number of aromatic nitrogens is 2. The van der Waals surface area contributed by atoms with Crippen molar-refractivity contribution in [2.45, 2.75) is 58.2 Å². The maximum absolute atomic E-state index is 12.1. The van der Waals surface area contributed by atoms with E-state index in [0.717, 1.165) is 44.7 Å². The van der Waals surface area contributed by atoms with Gasteiger partial charge in [-0.3, -0.25) is 0 Å². The van der Waals surface area contributed by atoms with Crippen LogP contribution in [0.3, 0.4) is 0 Å². The Labute approximate surface area is 126 Å². The van der Waals surface area contributed by atoms with E-state index < -0.39 is 5.60 Å². The van der Waals surface area contributed by atoms with Crippen LogP contribution >= 0.6 is 0 Å². The molecule has 1 aliphatic rings. The first kappa shape index (κ1) is 15.8. The SMILES string of the molecule is CC(C)(C)OC(=O)N1CCCC(NCc2ncc[nH]2)CC1. The molecule has 0 aromatic carbocycles. The first-order chi connectivity index (χ1) is 9.94. The summed E-state index contributed by atoms with van der Waals surface area (Å²) in [5.41, 5.74) is -0.430. The molecular weight excluding hydrogens is 268 g/mol. The Hall–Kier alpha value is -1.56. The van der Waals surface area contributed by atoms with Gasteiger partial charge in [0.05, 0.1) is 6.54 Å². The number of ether oxygens (including phenoxy) is 1. The molecule has 1 saturated heterocycles. The molecule has 0 saturated carbocycles. The molecule has 1 unspecified atom stereocenters. The van der Waals surface area contributed by atoms with E-state index in [1.165, 1.54) is 0 Å². The van der Waals surface area contributed by atoms with Crippen LogP contribution in [0.5, 0.6) is 0 Å². The molecular formula is C15H26N4O2. The fourth-order valence-electron chi connectivity index (χ4n) is 2.45. The lowest BCUT2D eigenvalue weighted by molar-refractivity contribution is 0.0256. The standard InChI is InChI=1S/C15H26N4O2/c1-15(2,3)21-14(20)19-9-4-5-12(6-10-19)18-11-13-16-7-8-17-13/h7-8,12,18H,4-6,9-11H2,1-3H3,(H,16,17). The molecule has 1 atom stereocenters. The lowest BCUT2D eigenvalue weighted by Gasteiger charge is -2.26. The van der Waals surface area contributed by atoms with Crippen LogP contribution in [-0.4, -0.2) is 45.7 Å². The van der Waals surface area contributed by atoms with Crippen LogP contribution in [0.25, 0.3) is 0 Å². The number of likely N-dealkylation sites (tertiary alicyclic amines) is 1. The number of carbonyl (C=O) groups is 1. The summed E-state index contributed by atoms with van der Waals surface area (Å²) in [5, 5.41) is 3.50. The van der Waals surface area contributed by atoms with Gasteiger partial charge in [0.1, 0.15) is 11.4 Å². The molecule has 0 spiro atoms. The Morgan fingerprint density at radius 3 is 2.95 bits per heavy atom. The Morgan fingerprint density at radius 1 is 1.48 bits per heavy atom. The van der Waals surface area contributed by atoms with Crippen LogP contribution in [0.15, 0.2) is 12.4 Å². The fourth-order valence-corrected chi connectivity index (χ4v) is 2.45. The molecule has 2 rings (SSSR count). The molecule has 1 aromatic rings. The Balaban J connectivity index is 1.77. The van der Waals surface area contributed by atoms with Crippen LogP contribution < -0.4 is 5.32 Å². The van der Waals surface area contributed by atoms with Gasteiger partial charge in [-0.25, -0.2) is 9.78 Å². The van der Waals surface area contributed by atoms with Gasteiger partial charge >= 0.3 is 6.09 Å². The van der Waals surface area contributed by atoms with E-state index in [1.54, 1.807) is 6.20 Å². The van der Waals surface area contributed by atoms with Crippen molar-refractivity contribution < 1.29 is 9.53 Å². The van der Waals surface area contributed by atoms with Crippen molar-refractivity contribution in [3.63, 3.8) is 0 Å². The topological polar surface area (TPSA) is 70.2 Å². The minimum atomic E-state index is -0.430. The third kappa shape index (κ3) is 5.38. The van der Waals surface area contributed by atoms with Crippen LogP contribution in [0, 0.1) is 0 Å². The smallest absolute Gasteiger partial charge is 0.410 e. The number of nitrogens with zero attached hydrogens (tertiary/aromatic N) is 2. The number of nitrogens with one attached hydrogen (secondary N) is 2. The summed E-state index contributed by atoms with van der Waals surface area (Å²) in [6.45, 7) is 7.95. The van der Waals surface area contributed by atoms with E-state index >= 15 is 0 Å². The van der Waals surface area contributed by atoms with E-state index in [0.29, 0.717) is 6.04 Å². The molecule has 1 amide bonds. The van der Waals surface area contributed by atoms with Crippen LogP contribution in [0.1, 0.15) is 45.9 Å². The number of amides is 1. The molecule has 0 aliphatic carbocycles. The molecule has 0 bridgehead atoms. The van der Waals surface area contributed by atoms with Crippen molar-refractivity contribution in [2.75, 3.05) is 13.1 Å². The van der Waals surface area contributed by atoms with E-state index in [9.17, 15) is 4.79 Å². The molecule has 2 heterocycles. The van der Waals surface area contributed by atoms with Gasteiger partial charge in [-0.05, 0) is 40.0 Å². The number of imidazole rings is 1. The fraction of sp³-hybridized carbons (Fsp3) is 0.733. The summed E-state index contributed by atoms with van der Waals surface area (Å²) in [5.74, 6) is 0.947. The first-order valence-corrected chi connectivity index (χ1v) is 7.63. The van der Waals surface area contributed by atoms with Crippen molar-refractivity contribution in [1.29, 1.82) is 0 Å². The first-order valence-electron chi connectivity index (χ1n) is 7.63. The Kier molecular flexibility index (Phi) is 5.22. The summed E-state index contributed by atoms with van der Waals surface area (Å²) in [6.07, 6.45) is 6.40. The maximum atomic E-state index is 12.1. The number of hydrogen-bond acceptors (Lipinski definition) is 4. The third-order valence-electron chi connectivity index (χ3n) is 3.49. The number of carbonyl (C=O) groups excluding carboxylic acids is 1. The van der Waals surface area contributed by atoms with Crippen LogP contribution in [0.2, 0.25) is 0 Å². The highest BCUT2D eigenvalue weighted by atomic mass is 16.6. The second-order valence-corrected chi connectivity index (χ2v) is 6.51. The second-order valence-electron chi connectivity index (χ2n) is 6.51. The van der Waals surface area contributed by atoms with Crippen molar-refractivity contribution in [3.8, 4) is 0 Å². The zero-order chi connectivity index (χ0) is 15.3. The average molecular weight is 294 g/mol. The van der Waals surface area contributed by atoms with Gasteiger partial charge in [0, 0.05) is 31.5 Å². The normalized spacial score (nSPS) is 20.1. The zero-order valence-corrected chi connectivity index (χ0v) is 13.2. The van der Waals surface area contributed by atoms with Crippen molar-refractivity contribution >= 4 is 6.09 Å². The summed E-state index contributed by atoms with van der Waals surface area (Å²) < 4.78 is 5.44. The molecule has 2 N–H and O–H groups in total. The van der Waals surface area contributed by atoms with Gasteiger partial charge in [-0.2, -0.15) is 0 Å². The van der Waals surface area contributed by atoms with Gasteiger partial charge in [0.25, 0.3) is 0 Å². The predicted molar refractivity (Wildman–Crippen MR) is 80.9 cm³/mol. The van der Waals surface area contributed by atoms with Crippen molar-refractivity contribution in [1.82, 2.24) is 20.2 Å². The second kappa shape index (κ2) is 6.93. The third-order valence-corrected chi connectivity index (χ3v) is 3.49. The molecule has 1 fully saturated rings. The Morgan fingerprint density at radius 2 is 2.29 bits per heavy atom. The van der Waals surface area contributed by atoms with E-state index in [1.807, 2.05) is 31.9 Å². The van der Waals surface area contributed by atoms with Gasteiger partial charge in [0.15, 0.2) is 0 Å². The number of hydrogen-bond donors (Lipinski definition) is 2. The van der Waals surface area contributed by atoms with E-state index in [4.69, 9.17) is 4.74 Å². The highest BCUT2D eigenvalue weighted by Crippen LogP contribution is 2.15. The van der Waals surface area contributed by atoms with E-state index in [-0.39, 0.29) is 6.09 Å². The summed E-state index contributed by atoms with van der Waals surface area (Å²) in [7, 11) is 0. The molecule has 6 heteroatoms. The van der Waals surface area contributed by atoms with Gasteiger partial charge < -0.3 is 19.9 Å².